The van der Waals surface area contributed by atoms with Gasteiger partial charge in [0.2, 0.25) is 5.91 Å². The SMILES string of the molecule is CCCCn1c(S[C@@H](C)C(=O)Nc2sc(-c3ccccc3)cc2C(=O)OCC)nc2ccccc2c1=O. The molecule has 7 nitrogen and oxygen atoms in total. The number of fused-ring (bicyclic) bond motifs is 1. The summed E-state index contributed by atoms with van der Waals surface area (Å²) >= 11 is 2.56. The van der Waals surface area contributed by atoms with Gasteiger partial charge < -0.3 is 10.1 Å². The van der Waals surface area contributed by atoms with E-state index in [-0.39, 0.29) is 18.1 Å². The van der Waals surface area contributed by atoms with Gasteiger partial charge in [-0.25, -0.2) is 9.78 Å². The number of nitrogens with zero attached hydrogens (tertiary/aromatic N) is 2. The van der Waals surface area contributed by atoms with Gasteiger partial charge >= 0.3 is 5.97 Å². The van der Waals surface area contributed by atoms with Crippen LogP contribution in [0.15, 0.2) is 70.6 Å². The van der Waals surface area contributed by atoms with Gasteiger partial charge in [-0.3, -0.25) is 14.2 Å². The Bertz CT molecular complexity index is 1460. The number of hydrogen-bond acceptors (Lipinski definition) is 7. The lowest BCUT2D eigenvalue weighted by molar-refractivity contribution is -0.115. The molecule has 2 aromatic heterocycles. The third-order valence-corrected chi connectivity index (χ3v) is 7.93. The zero-order valence-electron chi connectivity index (χ0n) is 21.0. The van der Waals surface area contributed by atoms with E-state index >= 15 is 0 Å². The largest absolute Gasteiger partial charge is 0.462 e. The number of benzene rings is 2. The maximum Gasteiger partial charge on any atom is 0.341 e. The summed E-state index contributed by atoms with van der Waals surface area (Å²) < 4.78 is 6.88. The summed E-state index contributed by atoms with van der Waals surface area (Å²) in [6.45, 7) is 6.34. The normalized spacial score (nSPS) is 11.9. The van der Waals surface area contributed by atoms with Crippen molar-refractivity contribution in [1.29, 1.82) is 0 Å². The van der Waals surface area contributed by atoms with E-state index < -0.39 is 11.2 Å². The molecule has 0 aliphatic heterocycles. The quantitative estimate of drug-likeness (QED) is 0.147. The maximum absolute atomic E-state index is 13.3. The molecule has 192 valence electrons. The molecule has 1 N–H and O–H groups in total. The predicted molar refractivity (Wildman–Crippen MR) is 151 cm³/mol. The molecule has 0 fully saturated rings. The number of carbonyl (C=O) groups is 2. The lowest BCUT2D eigenvalue weighted by Crippen LogP contribution is -2.27. The zero-order chi connectivity index (χ0) is 26.4. The molecule has 2 heterocycles. The summed E-state index contributed by atoms with van der Waals surface area (Å²) in [5.41, 5.74) is 1.76. The smallest absolute Gasteiger partial charge is 0.341 e. The number of rotatable bonds is 10. The number of anilines is 1. The summed E-state index contributed by atoms with van der Waals surface area (Å²) in [6, 6.07) is 18.7. The van der Waals surface area contributed by atoms with Gasteiger partial charge in [0, 0.05) is 11.4 Å². The number of nitrogens with one attached hydrogen (secondary N) is 1. The Morgan fingerprint density at radius 1 is 1.11 bits per heavy atom. The molecule has 0 aliphatic rings. The fourth-order valence-corrected chi connectivity index (χ4v) is 5.75. The molecular formula is C28H29N3O4S2. The third kappa shape index (κ3) is 6.11. The Kier molecular flexibility index (Phi) is 8.78. The van der Waals surface area contributed by atoms with Gasteiger partial charge in [-0.2, -0.15) is 0 Å². The molecule has 0 saturated carbocycles. The number of ether oxygens (including phenoxy) is 1. The van der Waals surface area contributed by atoms with Gasteiger partial charge in [0.25, 0.3) is 5.56 Å². The van der Waals surface area contributed by atoms with Crippen LogP contribution in [0.2, 0.25) is 0 Å². The fraction of sp³-hybridized carbons (Fsp3) is 0.286. The highest BCUT2D eigenvalue weighted by molar-refractivity contribution is 8.00. The molecule has 2 aromatic carbocycles. The monoisotopic (exact) mass is 535 g/mol. The topological polar surface area (TPSA) is 90.3 Å². The van der Waals surface area contributed by atoms with Crippen LogP contribution in [-0.2, 0) is 16.1 Å². The number of hydrogen-bond donors (Lipinski definition) is 1. The van der Waals surface area contributed by atoms with Crippen molar-refractivity contribution in [2.75, 3.05) is 11.9 Å². The van der Waals surface area contributed by atoms with Gasteiger partial charge in [0.15, 0.2) is 5.16 Å². The van der Waals surface area contributed by atoms with Crippen molar-refractivity contribution in [3.8, 4) is 10.4 Å². The first kappa shape index (κ1) is 26.6. The van der Waals surface area contributed by atoms with Gasteiger partial charge in [0.1, 0.15) is 5.00 Å². The van der Waals surface area contributed by atoms with Crippen molar-refractivity contribution in [2.45, 2.75) is 50.6 Å². The van der Waals surface area contributed by atoms with Crippen molar-refractivity contribution in [2.24, 2.45) is 0 Å². The molecule has 1 amide bonds. The second-order valence-corrected chi connectivity index (χ2v) is 10.8. The van der Waals surface area contributed by atoms with Gasteiger partial charge in [-0.15, -0.1) is 11.3 Å². The molecule has 0 bridgehead atoms. The van der Waals surface area contributed by atoms with Crippen LogP contribution in [0, 0.1) is 0 Å². The van der Waals surface area contributed by atoms with Crippen LogP contribution in [0.4, 0.5) is 5.00 Å². The van der Waals surface area contributed by atoms with E-state index in [2.05, 4.69) is 12.2 Å². The molecule has 37 heavy (non-hydrogen) atoms. The molecule has 1 atom stereocenters. The minimum absolute atomic E-state index is 0.107. The van der Waals surface area contributed by atoms with Crippen LogP contribution in [-0.4, -0.2) is 33.3 Å². The summed E-state index contributed by atoms with van der Waals surface area (Å²) in [5, 5.41) is 3.84. The Labute approximate surface area is 223 Å². The van der Waals surface area contributed by atoms with Crippen molar-refractivity contribution in [3.05, 3.63) is 76.6 Å². The first-order valence-electron chi connectivity index (χ1n) is 12.3. The number of amides is 1. The lowest BCUT2D eigenvalue weighted by Gasteiger charge is -2.16. The highest BCUT2D eigenvalue weighted by atomic mass is 32.2. The first-order chi connectivity index (χ1) is 17.9. The van der Waals surface area contributed by atoms with Crippen LogP contribution >= 0.6 is 23.1 Å². The Balaban J connectivity index is 1.61. The number of para-hydroxylation sites is 1. The number of unbranched alkanes of at least 4 members (excludes halogenated alkanes) is 1. The molecule has 0 unspecified atom stereocenters. The molecule has 0 saturated heterocycles. The summed E-state index contributed by atoms with van der Waals surface area (Å²) in [7, 11) is 0. The standard InChI is InChI=1S/C28H29N3O4S2/c1-4-6-16-31-26(33)20-14-10-11-15-22(20)29-28(31)36-18(3)24(32)30-25-21(27(34)35-5-2)17-23(37-25)19-12-8-7-9-13-19/h7-15,17-18H,4-6,16H2,1-3H3,(H,30,32)/t18-/m0/s1. The van der Waals surface area contributed by atoms with E-state index in [1.165, 1.54) is 23.1 Å². The van der Waals surface area contributed by atoms with E-state index in [9.17, 15) is 14.4 Å². The molecule has 0 aliphatic carbocycles. The first-order valence-corrected chi connectivity index (χ1v) is 14.0. The highest BCUT2D eigenvalue weighted by Gasteiger charge is 2.24. The number of thioether (sulfide) groups is 1. The molecule has 4 rings (SSSR count). The zero-order valence-corrected chi connectivity index (χ0v) is 22.7. The minimum Gasteiger partial charge on any atom is -0.462 e. The van der Waals surface area contributed by atoms with Crippen LogP contribution < -0.4 is 10.9 Å². The summed E-state index contributed by atoms with van der Waals surface area (Å²) in [4.78, 5) is 44.6. The van der Waals surface area contributed by atoms with Gasteiger partial charge in [0.05, 0.1) is 28.3 Å². The van der Waals surface area contributed by atoms with Crippen LogP contribution in [0.3, 0.4) is 0 Å². The molecular weight excluding hydrogens is 506 g/mol. The fourth-order valence-electron chi connectivity index (χ4n) is 3.77. The predicted octanol–water partition coefficient (Wildman–Crippen LogP) is 6.22. The summed E-state index contributed by atoms with van der Waals surface area (Å²) in [5.74, 6) is -0.775. The van der Waals surface area contributed by atoms with Crippen molar-refractivity contribution in [1.82, 2.24) is 9.55 Å². The van der Waals surface area contributed by atoms with Gasteiger partial charge in [-0.1, -0.05) is 67.6 Å². The van der Waals surface area contributed by atoms with E-state index in [0.29, 0.717) is 33.2 Å². The number of thiophene rings is 1. The average molecular weight is 536 g/mol. The Morgan fingerprint density at radius 3 is 2.57 bits per heavy atom. The lowest BCUT2D eigenvalue weighted by atomic mass is 10.1. The molecule has 9 heteroatoms. The molecule has 0 radical (unpaired) electrons. The molecule has 0 spiro atoms. The number of esters is 1. The van der Waals surface area contributed by atoms with E-state index in [0.717, 1.165) is 23.3 Å². The van der Waals surface area contributed by atoms with Crippen LogP contribution in [0.1, 0.15) is 44.0 Å². The third-order valence-electron chi connectivity index (χ3n) is 5.74. The molecule has 4 aromatic rings. The number of aromatic nitrogens is 2. The number of carbonyl (C=O) groups excluding carboxylic acids is 2. The Hall–Kier alpha value is -3.43. The van der Waals surface area contributed by atoms with E-state index in [1.54, 1.807) is 36.6 Å². The average Bonchev–Trinajstić information content (AvgIpc) is 3.33. The summed E-state index contributed by atoms with van der Waals surface area (Å²) in [6.07, 6.45) is 1.76. The van der Waals surface area contributed by atoms with E-state index in [4.69, 9.17) is 9.72 Å². The van der Waals surface area contributed by atoms with Crippen molar-refractivity contribution < 1.29 is 14.3 Å². The maximum atomic E-state index is 13.3. The second-order valence-electron chi connectivity index (χ2n) is 8.41. The van der Waals surface area contributed by atoms with Crippen molar-refractivity contribution >= 4 is 50.9 Å². The Morgan fingerprint density at radius 2 is 1.84 bits per heavy atom. The van der Waals surface area contributed by atoms with Crippen LogP contribution in [0.5, 0.6) is 0 Å². The van der Waals surface area contributed by atoms with Gasteiger partial charge in [-0.05, 0) is 44.0 Å². The second kappa shape index (κ2) is 12.2. The van der Waals surface area contributed by atoms with Crippen LogP contribution in [0.25, 0.3) is 21.3 Å². The van der Waals surface area contributed by atoms with Crippen molar-refractivity contribution in [3.63, 3.8) is 0 Å². The van der Waals surface area contributed by atoms with E-state index in [1.807, 2.05) is 42.5 Å². The minimum atomic E-state index is -0.571. The highest BCUT2D eigenvalue weighted by Crippen LogP contribution is 2.36.